The van der Waals surface area contributed by atoms with E-state index in [2.05, 4.69) is 0 Å². The minimum atomic E-state index is -0.341. The molecule has 0 bridgehead atoms. The molecule has 2 rings (SSSR count). The van der Waals surface area contributed by atoms with Crippen LogP contribution in [0.1, 0.15) is 25.3 Å². The van der Waals surface area contributed by atoms with Gasteiger partial charge in [0.1, 0.15) is 6.10 Å². The summed E-state index contributed by atoms with van der Waals surface area (Å²) >= 11 is 1.95. The van der Waals surface area contributed by atoms with Gasteiger partial charge in [-0.3, -0.25) is 0 Å². The monoisotopic (exact) mass is 282 g/mol. The number of benzene rings is 1. The highest BCUT2D eigenvalue weighted by molar-refractivity contribution is 7.99. The Kier molecular flexibility index (Phi) is 5.40. The van der Waals surface area contributed by atoms with Gasteiger partial charge in [-0.25, -0.2) is 0 Å². The second-order valence-electron chi connectivity index (χ2n) is 5.00. The second kappa shape index (κ2) is 7.06. The Hall–Kier alpha value is -0.870. The van der Waals surface area contributed by atoms with Gasteiger partial charge in [-0.15, -0.1) is 0 Å². The molecule has 0 aromatic heterocycles. The van der Waals surface area contributed by atoms with E-state index < -0.39 is 0 Å². The highest BCUT2D eigenvalue weighted by Crippen LogP contribution is 2.31. The number of hydrogen-bond acceptors (Lipinski definition) is 4. The zero-order valence-corrected chi connectivity index (χ0v) is 12.4. The Balaban J connectivity index is 2.06. The van der Waals surface area contributed by atoms with Gasteiger partial charge in [0.25, 0.3) is 0 Å². The third-order valence-corrected chi connectivity index (χ3v) is 4.36. The number of hydrogen-bond donors (Lipinski definition) is 1. The van der Waals surface area contributed by atoms with Crippen molar-refractivity contribution >= 4 is 11.8 Å². The van der Waals surface area contributed by atoms with E-state index >= 15 is 0 Å². The Morgan fingerprint density at radius 1 is 1.42 bits per heavy atom. The number of ether oxygens (including phenoxy) is 2. The molecule has 1 aromatic rings. The summed E-state index contributed by atoms with van der Waals surface area (Å²) in [5, 5.41) is 9.42. The molecule has 1 heterocycles. The number of aliphatic hydroxyl groups excluding tert-OH is 1. The maximum absolute atomic E-state index is 9.42. The molecule has 0 saturated carbocycles. The van der Waals surface area contributed by atoms with Crippen molar-refractivity contribution in [1.29, 1.82) is 0 Å². The Morgan fingerprint density at radius 3 is 2.89 bits per heavy atom. The first kappa shape index (κ1) is 14.5. The van der Waals surface area contributed by atoms with Crippen LogP contribution in [-0.4, -0.2) is 35.9 Å². The minimum absolute atomic E-state index is 0.287. The number of aliphatic hydroxyl groups is 1. The third kappa shape index (κ3) is 4.32. The van der Waals surface area contributed by atoms with E-state index in [0.717, 1.165) is 29.2 Å². The van der Waals surface area contributed by atoms with Gasteiger partial charge in [-0.2, -0.15) is 11.8 Å². The fourth-order valence-electron chi connectivity index (χ4n) is 2.26. The van der Waals surface area contributed by atoms with Gasteiger partial charge in [-0.05, 0) is 49.6 Å². The van der Waals surface area contributed by atoms with Crippen LogP contribution in [0.4, 0.5) is 0 Å². The maximum Gasteiger partial charge on any atom is 0.161 e. The van der Waals surface area contributed by atoms with Crippen LogP contribution in [0, 0.1) is 0 Å². The van der Waals surface area contributed by atoms with E-state index in [-0.39, 0.29) is 12.2 Å². The van der Waals surface area contributed by atoms with Crippen LogP contribution in [0.2, 0.25) is 0 Å². The van der Waals surface area contributed by atoms with E-state index in [1.165, 1.54) is 12.2 Å². The van der Waals surface area contributed by atoms with E-state index in [0.29, 0.717) is 6.42 Å². The third-order valence-electron chi connectivity index (χ3n) is 3.17. The van der Waals surface area contributed by atoms with Crippen molar-refractivity contribution < 1.29 is 14.6 Å². The summed E-state index contributed by atoms with van der Waals surface area (Å²) in [6, 6.07) is 5.91. The second-order valence-corrected chi connectivity index (χ2v) is 6.15. The Labute approximate surface area is 119 Å². The van der Waals surface area contributed by atoms with Gasteiger partial charge >= 0.3 is 0 Å². The molecule has 1 aliphatic heterocycles. The molecule has 1 aliphatic rings. The Bertz CT molecular complexity index is 400. The number of thioether (sulfide) groups is 1. The Morgan fingerprint density at radius 2 is 2.26 bits per heavy atom. The van der Waals surface area contributed by atoms with Crippen molar-refractivity contribution in [2.75, 3.05) is 18.6 Å². The van der Waals surface area contributed by atoms with Crippen molar-refractivity contribution in [3.05, 3.63) is 23.8 Å². The molecule has 2 unspecified atom stereocenters. The lowest BCUT2D eigenvalue weighted by Crippen LogP contribution is -2.23. The SMILES string of the molecule is COc1cc(CC(C)O)ccc1OC1CCCSC1. The molecule has 1 N–H and O–H groups in total. The van der Waals surface area contributed by atoms with Crippen molar-refractivity contribution in [2.24, 2.45) is 0 Å². The van der Waals surface area contributed by atoms with Crippen molar-refractivity contribution in [1.82, 2.24) is 0 Å². The maximum atomic E-state index is 9.42. The molecule has 0 aliphatic carbocycles. The summed E-state index contributed by atoms with van der Waals surface area (Å²) in [5.74, 6) is 3.86. The normalized spacial score (nSPS) is 20.9. The highest BCUT2D eigenvalue weighted by Gasteiger charge is 2.17. The lowest BCUT2D eigenvalue weighted by atomic mass is 10.1. The van der Waals surface area contributed by atoms with Crippen molar-refractivity contribution in [2.45, 2.75) is 38.4 Å². The summed E-state index contributed by atoms with van der Waals surface area (Å²) < 4.78 is 11.4. The molecular formula is C15H22O3S. The van der Waals surface area contributed by atoms with Crippen molar-refractivity contribution in [3.8, 4) is 11.5 Å². The summed E-state index contributed by atoms with van der Waals surface area (Å²) in [7, 11) is 1.66. The van der Waals surface area contributed by atoms with Crippen LogP contribution < -0.4 is 9.47 Å². The largest absolute Gasteiger partial charge is 0.493 e. The van der Waals surface area contributed by atoms with Crippen LogP contribution in [0.5, 0.6) is 11.5 Å². The first-order valence-electron chi connectivity index (χ1n) is 6.78. The van der Waals surface area contributed by atoms with Gasteiger partial charge in [0.2, 0.25) is 0 Å². The molecule has 3 nitrogen and oxygen atoms in total. The van der Waals surface area contributed by atoms with E-state index in [1.54, 1.807) is 14.0 Å². The van der Waals surface area contributed by atoms with Gasteiger partial charge in [0, 0.05) is 5.75 Å². The minimum Gasteiger partial charge on any atom is -0.493 e. The molecule has 4 heteroatoms. The number of rotatable bonds is 5. The zero-order valence-electron chi connectivity index (χ0n) is 11.6. The van der Waals surface area contributed by atoms with E-state index in [1.807, 2.05) is 30.0 Å². The summed E-state index contributed by atoms with van der Waals surface area (Å²) in [6.45, 7) is 1.79. The van der Waals surface area contributed by atoms with E-state index in [4.69, 9.17) is 9.47 Å². The van der Waals surface area contributed by atoms with Crippen LogP contribution in [0.15, 0.2) is 18.2 Å². The average molecular weight is 282 g/mol. The lowest BCUT2D eigenvalue weighted by Gasteiger charge is -2.24. The molecule has 0 amide bonds. The first-order valence-corrected chi connectivity index (χ1v) is 7.94. The molecular weight excluding hydrogens is 260 g/mol. The first-order chi connectivity index (χ1) is 9.19. The molecule has 2 atom stereocenters. The van der Waals surface area contributed by atoms with E-state index in [9.17, 15) is 5.11 Å². The standard InChI is InChI=1S/C15H22O3S/c1-11(16)8-12-5-6-14(15(9-12)17-2)18-13-4-3-7-19-10-13/h5-6,9,11,13,16H,3-4,7-8,10H2,1-2H3. The lowest BCUT2D eigenvalue weighted by molar-refractivity contribution is 0.194. The topological polar surface area (TPSA) is 38.7 Å². The van der Waals surface area contributed by atoms with Gasteiger partial charge < -0.3 is 14.6 Å². The summed E-state index contributed by atoms with van der Waals surface area (Å²) in [5.41, 5.74) is 1.07. The average Bonchev–Trinajstić information content (AvgIpc) is 2.41. The van der Waals surface area contributed by atoms with Gasteiger partial charge in [0.15, 0.2) is 11.5 Å². The molecule has 1 fully saturated rings. The predicted molar refractivity (Wildman–Crippen MR) is 79.4 cm³/mol. The molecule has 1 saturated heterocycles. The van der Waals surface area contributed by atoms with Gasteiger partial charge in [-0.1, -0.05) is 6.07 Å². The smallest absolute Gasteiger partial charge is 0.161 e. The van der Waals surface area contributed by atoms with Gasteiger partial charge in [0.05, 0.1) is 13.2 Å². The summed E-state index contributed by atoms with van der Waals surface area (Å²) in [6.07, 6.45) is 2.92. The molecule has 19 heavy (non-hydrogen) atoms. The predicted octanol–water partition coefficient (Wildman–Crippen LogP) is 2.89. The van der Waals surface area contributed by atoms with Crippen LogP contribution in [0.3, 0.4) is 0 Å². The highest BCUT2D eigenvalue weighted by atomic mass is 32.2. The van der Waals surface area contributed by atoms with Crippen LogP contribution in [0.25, 0.3) is 0 Å². The summed E-state index contributed by atoms with van der Waals surface area (Å²) in [4.78, 5) is 0. The van der Waals surface area contributed by atoms with Crippen LogP contribution >= 0.6 is 11.8 Å². The molecule has 0 spiro atoms. The fourth-order valence-corrected chi connectivity index (χ4v) is 3.30. The zero-order chi connectivity index (χ0) is 13.7. The van der Waals surface area contributed by atoms with Crippen molar-refractivity contribution in [3.63, 3.8) is 0 Å². The molecule has 106 valence electrons. The quantitative estimate of drug-likeness (QED) is 0.901. The molecule has 0 radical (unpaired) electrons. The number of methoxy groups -OCH3 is 1. The fraction of sp³-hybridized carbons (Fsp3) is 0.600. The van der Waals surface area contributed by atoms with Crippen LogP contribution in [-0.2, 0) is 6.42 Å². The molecule has 1 aromatic carbocycles.